The fraction of sp³-hybridized carbons (Fsp3) is 0.100. The Kier molecular flexibility index (Phi) is 3.66. The molecule has 1 aromatic heterocycles. The van der Waals surface area contributed by atoms with Gasteiger partial charge < -0.3 is 20.0 Å². The summed E-state index contributed by atoms with van der Waals surface area (Å²) < 4.78 is 6.03. The Balaban J connectivity index is 2.66. The van der Waals surface area contributed by atoms with Gasteiger partial charge in [0.05, 0.1) is 12.7 Å². The van der Waals surface area contributed by atoms with Crippen LogP contribution in [0.25, 0.3) is 5.69 Å². The number of aromatic carboxylic acids is 1. The van der Waals surface area contributed by atoms with Crippen LogP contribution in [-0.4, -0.2) is 37.9 Å². The number of halogens is 1. The van der Waals surface area contributed by atoms with Gasteiger partial charge in [0.2, 0.25) is 0 Å². The van der Waals surface area contributed by atoms with E-state index in [0.717, 1.165) is 4.68 Å². The van der Waals surface area contributed by atoms with E-state index in [4.69, 9.17) is 9.84 Å². The van der Waals surface area contributed by atoms with E-state index in [1.165, 1.54) is 25.3 Å². The monoisotopic (exact) mass is 342 g/mol. The number of ether oxygens (including phenoxy) is 1. The molecule has 2 aromatic rings. The predicted molar refractivity (Wildman–Crippen MR) is 69.2 cm³/mol. The summed E-state index contributed by atoms with van der Waals surface area (Å²) in [6, 6.07) is 4.18. The molecule has 0 fully saturated rings. The van der Waals surface area contributed by atoms with Gasteiger partial charge in [0.25, 0.3) is 4.73 Å². The molecule has 20 heavy (non-hydrogen) atoms. The van der Waals surface area contributed by atoms with E-state index < -0.39 is 16.8 Å². The van der Waals surface area contributed by atoms with Gasteiger partial charge in [0, 0.05) is 27.1 Å². The van der Waals surface area contributed by atoms with Gasteiger partial charge in [-0.15, -0.1) is 4.68 Å². The van der Waals surface area contributed by atoms with Crippen LogP contribution >= 0.6 is 15.9 Å². The molecular weight excluding hydrogens is 336 g/mol. The Morgan fingerprint density at radius 3 is 2.75 bits per heavy atom. The van der Waals surface area contributed by atoms with Gasteiger partial charge in [-0.1, -0.05) is 0 Å². The second-order valence-electron chi connectivity index (χ2n) is 3.54. The number of nitro groups is 1. The van der Waals surface area contributed by atoms with Gasteiger partial charge >= 0.3 is 11.9 Å². The number of nitrogens with zero attached hydrogens (tertiary/aromatic N) is 4. The van der Waals surface area contributed by atoms with E-state index in [2.05, 4.69) is 26.0 Å². The topological polar surface area (TPSA) is 120 Å². The van der Waals surface area contributed by atoms with Crippen LogP contribution in [-0.2, 0) is 0 Å². The fourth-order valence-electron chi connectivity index (χ4n) is 1.51. The molecule has 0 saturated heterocycles. The standard InChI is InChI=1S/C10H7BrN4O5/c1-20-5-2-3-6(8(16)17)7(4-5)14-9(11)12-10(13-14)15(18)19/h2-4H,1H3,(H,16,17). The highest BCUT2D eigenvalue weighted by Crippen LogP contribution is 2.25. The Morgan fingerprint density at radius 2 is 2.25 bits per heavy atom. The summed E-state index contributed by atoms with van der Waals surface area (Å²) in [7, 11) is 1.42. The first-order valence-corrected chi connectivity index (χ1v) is 5.92. The van der Waals surface area contributed by atoms with Crippen molar-refractivity contribution in [1.82, 2.24) is 14.8 Å². The molecule has 0 aliphatic carbocycles. The van der Waals surface area contributed by atoms with Crippen LogP contribution in [0.4, 0.5) is 5.95 Å². The molecule has 2 rings (SSSR count). The smallest absolute Gasteiger partial charge is 0.492 e. The maximum Gasteiger partial charge on any atom is 0.492 e. The fourth-order valence-corrected chi connectivity index (χ4v) is 1.94. The number of carbonyl (C=O) groups is 1. The lowest BCUT2D eigenvalue weighted by Gasteiger charge is -2.06. The Morgan fingerprint density at radius 1 is 1.55 bits per heavy atom. The van der Waals surface area contributed by atoms with Gasteiger partial charge in [0.15, 0.2) is 0 Å². The highest BCUT2D eigenvalue weighted by atomic mass is 79.9. The summed E-state index contributed by atoms with van der Waals surface area (Å²) in [6.45, 7) is 0. The van der Waals surface area contributed by atoms with Crippen molar-refractivity contribution in [2.75, 3.05) is 7.11 Å². The summed E-state index contributed by atoms with van der Waals surface area (Å²) in [5.41, 5.74) is 0.00984. The molecule has 1 aromatic carbocycles. The average molecular weight is 343 g/mol. The van der Waals surface area contributed by atoms with E-state index in [-0.39, 0.29) is 16.0 Å². The van der Waals surface area contributed by atoms with Crippen molar-refractivity contribution in [2.24, 2.45) is 0 Å². The largest absolute Gasteiger partial charge is 0.497 e. The number of aromatic nitrogens is 3. The van der Waals surface area contributed by atoms with Crippen LogP contribution in [0.15, 0.2) is 22.9 Å². The second kappa shape index (κ2) is 5.25. The van der Waals surface area contributed by atoms with Gasteiger partial charge in [-0.2, -0.15) is 0 Å². The molecule has 0 bridgehead atoms. The zero-order valence-corrected chi connectivity index (χ0v) is 11.6. The number of hydrogen-bond donors (Lipinski definition) is 1. The predicted octanol–water partition coefficient (Wildman–Crippen LogP) is 1.64. The molecule has 0 saturated carbocycles. The minimum absolute atomic E-state index is 0.0138. The van der Waals surface area contributed by atoms with Gasteiger partial charge in [-0.25, -0.2) is 4.79 Å². The van der Waals surface area contributed by atoms with Crippen LogP contribution in [0.1, 0.15) is 10.4 Å². The molecule has 0 atom stereocenters. The number of methoxy groups -OCH3 is 1. The first-order chi connectivity index (χ1) is 9.43. The van der Waals surface area contributed by atoms with Crippen molar-refractivity contribution in [1.29, 1.82) is 0 Å². The Hall–Kier alpha value is -2.49. The van der Waals surface area contributed by atoms with Crippen molar-refractivity contribution in [3.8, 4) is 11.4 Å². The van der Waals surface area contributed by atoms with Crippen LogP contribution < -0.4 is 4.74 Å². The summed E-state index contributed by atoms with van der Waals surface area (Å²) in [6.07, 6.45) is 0. The summed E-state index contributed by atoms with van der Waals surface area (Å²) in [4.78, 5) is 24.6. The number of carboxylic acids is 1. The molecule has 1 N–H and O–H groups in total. The van der Waals surface area contributed by atoms with Crippen molar-refractivity contribution < 1.29 is 19.6 Å². The second-order valence-corrected chi connectivity index (χ2v) is 4.25. The minimum Gasteiger partial charge on any atom is -0.497 e. The van der Waals surface area contributed by atoms with E-state index in [1.807, 2.05) is 0 Å². The summed E-state index contributed by atoms with van der Waals surface area (Å²) in [5.74, 6) is -1.46. The average Bonchev–Trinajstić information content (AvgIpc) is 2.80. The molecule has 0 radical (unpaired) electrons. The molecule has 10 heteroatoms. The third kappa shape index (κ3) is 2.45. The third-order valence-corrected chi connectivity index (χ3v) is 2.90. The van der Waals surface area contributed by atoms with Crippen LogP contribution in [0.3, 0.4) is 0 Å². The van der Waals surface area contributed by atoms with Crippen LogP contribution in [0, 0.1) is 10.1 Å². The number of benzene rings is 1. The zero-order valence-electron chi connectivity index (χ0n) is 9.98. The van der Waals surface area contributed by atoms with Crippen LogP contribution in [0.5, 0.6) is 5.75 Å². The molecular formula is C10H7BrN4O5. The van der Waals surface area contributed by atoms with E-state index >= 15 is 0 Å². The molecule has 0 unspecified atom stereocenters. The molecule has 0 amide bonds. The SMILES string of the molecule is COc1ccc(C(=O)O)c(-n2nc([N+](=O)[O-])nc2Br)c1. The van der Waals surface area contributed by atoms with E-state index in [9.17, 15) is 14.9 Å². The van der Waals surface area contributed by atoms with Gasteiger partial charge in [-0.05, 0) is 22.0 Å². The molecule has 0 aliphatic rings. The number of rotatable bonds is 4. The molecule has 1 heterocycles. The summed E-state index contributed by atoms with van der Waals surface area (Å²) in [5, 5.41) is 23.4. The highest BCUT2D eigenvalue weighted by molar-refractivity contribution is 9.10. The van der Waals surface area contributed by atoms with Crippen molar-refractivity contribution in [3.05, 3.63) is 38.6 Å². The number of carboxylic acid groups (broad SMARTS) is 1. The lowest BCUT2D eigenvalue weighted by atomic mass is 10.1. The van der Waals surface area contributed by atoms with E-state index in [1.54, 1.807) is 0 Å². The molecule has 9 nitrogen and oxygen atoms in total. The Bertz CT molecular complexity index is 699. The van der Waals surface area contributed by atoms with Crippen molar-refractivity contribution in [3.63, 3.8) is 0 Å². The Labute approximate surface area is 120 Å². The van der Waals surface area contributed by atoms with E-state index in [0.29, 0.717) is 5.75 Å². The minimum atomic E-state index is -1.20. The van der Waals surface area contributed by atoms with Crippen molar-refractivity contribution in [2.45, 2.75) is 0 Å². The number of hydrogen-bond acceptors (Lipinski definition) is 6. The lowest BCUT2D eigenvalue weighted by molar-refractivity contribution is -0.394. The first kappa shape index (κ1) is 13.9. The van der Waals surface area contributed by atoms with Gasteiger partial charge in [-0.3, -0.25) is 0 Å². The zero-order chi connectivity index (χ0) is 14.9. The first-order valence-electron chi connectivity index (χ1n) is 5.12. The molecule has 0 aliphatic heterocycles. The van der Waals surface area contributed by atoms with Crippen LogP contribution in [0.2, 0.25) is 0 Å². The maximum atomic E-state index is 11.2. The summed E-state index contributed by atoms with van der Waals surface area (Å²) >= 11 is 3.00. The quantitative estimate of drug-likeness (QED) is 0.662. The van der Waals surface area contributed by atoms with Crippen molar-refractivity contribution >= 4 is 27.8 Å². The van der Waals surface area contributed by atoms with Gasteiger partial charge in [0.1, 0.15) is 11.4 Å². The third-order valence-electron chi connectivity index (χ3n) is 2.38. The molecule has 0 spiro atoms. The lowest BCUT2D eigenvalue weighted by Crippen LogP contribution is -2.07. The highest BCUT2D eigenvalue weighted by Gasteiger charge is 2.24. The molecule has 104 valence electrons. The maximum absolute atomic E-state index is 11.2. The normalized spacial score (nSPS) is 10.3.